The van der Waals surface area contributed by atoms with E-state index in [0.29, 0.717) is 23.3 Å². The summed E-state index contributed by atoms with van der Waals surface area (Å²) >= 11 is 3.16. The van der Waals surface area contributed by atoms with Gasteiger partial charge in [0.2, 0.25) is 5.91 Å². The Bertz CT molecular complexity index is 325. The molecule has 0 aliphatic heterocycles. The van der Waals surface area contributed by atoms with Crippen molar-refractivity contribution in [3.8, 4) is 0 Å². The number of carbonyl (C=O) groups excluding carboxylic acids is 1. The topological polar surface area (TPSA) is 80.9 Å². The first-order valence-electron chi connectivity index (χ1n) is 4.61. The second kappa shape index (κ2) is 5.77. The van der Waals surface area contributed by atoms with Crippen LogP contribution in [0.4, 0.5) is 5.82 Å². The summed E-state index contributed by atoms with van der Waals surface area (Å²) in [6.45, 7) is 1.87. The number of nitrogens with one attached hydrogen (secondary N) is 1. The Kier molecular flexibility index (Phi) is 4.64. The van der Waals surface area contributed by atoms with Crippen LogP contribution in [-0.4, -0.2) is 21.9 Å². The largest absolute Gasteiger partial charge is 0.328 e. The van der Waals surface area contributed by atoms with Crippen LogP contribution in [0, 0.1) is 0 Å². The van der Waals surface area contributed by atoms with Crippen LogP contribution in [0.5, 0.6) is 0 Å². The summed E-state index contributed by atoms with van der Waals surface area (Å²) in [6.07, 6.45) is 4.08. The van der Waals surface area contributed by atoms with Crippen molar-refractivity contribution in [1.82, 2.24) is 9.97 Å². The molecule has 1 aromatic heterocycles. The molecular formula is C9H13BrN4O. The van der Waals surface area contributed by atoms with Crippen LogP contribution < -0.4 is 11.1 Å². The quantitative estimate of drug-likeness (QED) is 0.866. The molecular weight excluding hydrogens is 260 g/mol. The molecule has 0 aliphatic rings. The number of hydrogen-bond donors (Lipinski definition) is 2. The minimum absolute atomic E-state index is 0.0340. The predicted molar refractivity (Wildman–Crippen MR) is 61.2 cm³/mol. The van der Waals surface area contributed by atoms with Gasteiger partial charge in [-0.2, -0.15) is 0 Å². The normalized spacial score (nSPS) is 12.2. The van der Waals surface area contributed by atoms with Gasteiger partial charge in [0.05, 0.1) is 12.4 Å². The van der Waals surface area contributed by atoms with Gasteiger partial charge in [-0.3, -0.25) is 4.79 Å². The number of nitrogens with two attached hydrogens (primary N) is 1. The third-order valence-electron chi connectivity index (χ3n) is 1.71. The summed E-state index contributed by atoms with van der Waals surface area (Å²) in [7, 11) is 0. The van der Waals surface area contributed by atoms with Gasteiger partial charge in [-0.15, -0.1) is 0 Å². The Morgan fingerprint density at radius 1 is 1.60 bits per heavy atom. The molecule has 1 heterocycles. The summed E-state index contributed by atoms with van der Waals surface area (Å²) in [6, 6.07) is 0.0340. The second-order valence-corrected chi connectivity index (χ2v) is 4.10. The molecule has 0 radical (unpaired) electrons. The molecule has 82 valence electrons. The molecule has 0 saturated heterocycles. The van der Waals surface area contributed by atoms with E-state index >= 15 is 0 Å². The summed E-state index contributed by atoms with van der Waals surface area (Å²) in [5, 5.41) is 2.64. The molecule has 5 nitrogen and oxygen atoms in total. The van der Waals surface area contributed by atoms with Crippen molar-refractivity contribution in [1.29, 1.82) is 0 Å². The number of nitrogens with zero attached hydrogens (tertiary/aromatic N) is 2. The first-order valence-corrected chi connectivity index (χ1v) is 5.40. The number of halogens is 1. The Morgan fingerprint density at radius 3 is 2.87 bits per heavy atom. The Labute approximate surface area is 96.6 Å². The fourth-order valence-corrected chi connectivity index (χ4v) is 1.15. The minimum atomic E-state index is -0.0936. The van der Waals surface area contributed by atoms with Crippen molar-refractivity contribution in [3.63, 3.8) is 0 Å². The van der Waals surface area contributed by atoms with Crippen molar-refractivity contribution in [2.45, 2.75) is 25.8 Å². The zero-order valence-corrected chi connectivity index (χ0v) is 9.99. The van der Waals surface area contributed by atoms with Crippen molar-refractivity contribution < 1.29 is 4.79 Å². The summed E-state index contributed by atoms with van der Waals surface area (Å²) < 4.78 is 0.635. The molecule has 1 amide bonds. The van der Waals surface area contributed by atoms with Crippen LogP contribution in [0.2, 0.25) is 0 Å². The molecule has 1 aromatic rings. The van der Waals surface area contributed by atoms with E-state index in [0.717, 1.165) is 0 Å². The average Bonchev–Trinajstić information content (AvgIpc) is 2.19. The van der Waals surface area contributed by atoms with Crippen molar-refractivity contribution >= 4 is 27.7 Å². The first-order chi connectivity index (χ1) is 7.08. The molecule has 0 saturated carbocycles. The maximum Gasteiger partial charge on any atom is 0.225 e. The van der Waals surface area contributed by atoms with E-state index in [1.807, 2.05) is 6.92 Å². The highest BCUT2D eigenvalue weighted by atomic mass is 79.9. The summed E-state index contributed by atoms with van der Waals surface area (Å²) in [5.41, 5.74) is 5.54. The summed E-state index contributed by atoms with van der Waals surface area (Å²) in [4.78, 5) is 19.3. The van der Waals surface area contributed by atoms with E-state index in [2.05, 4.69) is 31.2 Å². The number of aromatic nitrogens is 2. The number of carbonyl (C=O) groups is 1. The van der Waals surface area contributed by atoms with Crippen LogP contribution in [0.25, 0.3) is 0 Å². The van der Waals surface area contributed by atoms with E-state index < -0.39 is 0 Å². The smallest absolute Gasteiger partial charge is 0.225 e. The molecule has 1 atom stereocenters. The monoisotopic (exact) mass is 272 g/mol. The molecule has 3 N–H and O–H groups in total. The van der Waals surface area contributed by atoms with Gasteiger partial charge in [0.25, 0.3) is 0 Å². The molecule has 15 heavy (non-hydrogen) atoms. The molecule has 0 aromatic carbocycles. The zero-order valence-electron chi connectivity index (χ0n) is 8.40. The zero-order chi connectivity index (χ0) is 11.3. The fraction of sp³-hybridized carbons (Fsp3) is 0.444. The molecule has 1 rings (SSSR count). The van der Waals surface area contributed by atoms with Crippen LogP contribution >= 0.6 is 15.9 Å². The lowest BCUT2D eigenvalue weighted by Crippen LogP contribution is -2.19. The van der Waals surface area contributed by atoms with E-state index in [4.69, 9.17) is 5.73 Å². The van der Waals surface area contributed by atoms with Gasteiger partial charge in [0.15, 0.2) is 5.82 Å². The van der Waals surface area contributed by atoms with Crippen LogP contribution in [0.15, 0.2) is 17.0 Å². The van der Waals surface area contributed by atoms with Crippen LogP contribution in [-0.2, 0) is 4.79 Å². The van der Waals surface area contributed by atoms with Gasteiger partial charge in [0, 0.05) is 12.5 Å². The Hall–Kier alpha value is -1.01. The fourth-order valence-electron chi connectivity index (χ4n) is 0.941. The highest BCUT2D eigenvalue weighted by Crippen LogP contribution is 2.06. The van der Waals surface area contributed by atoms with Crippen molar-refractivity contribution in [2.24, 2.45) is 5.73 Å². The van der Waals surface area contributed by atoms with E-state index in [1.165, 1.54) is 12.4 Å². The van der Waals surface area contributed by atoms with Crippen LogP contribution in [0.1, 0.15) is 19.8 Å². The van der Waals surface area contributed by atoms with Gasteiger partial charge in [-0.1, -0.05) is 0 Å². The van der Waals surface area contributed by atoms with Gasteiger partial charge in [-0.05, 0) is 29.3 Å². The average molecular weight is 273 g/mol. The van der Waals surface area contributed by atoms with Crippen molar-refractivity contribution in [2.75, 3.05) is 5.32 Å². The lowest BCUT2D eigenvalue weighted by Gasteiger charge is -2.05. The third kappa shape index (κ3) is 4.85. The minimum Gasteiger partial charge on any atom is -0.328 e. The third-order valence-corrected chi connectivity index (χ3v) is 2.12. The van der Waals surface area contributed by atoms with E-state index in [1.54, 1.807) is 0 Å². The number of rotatable bonds is 4. The molecule has 0 aliphatic carbocycles. The van der Waals surface area contributed by atoms with Gasteiger partial charge in [-0.25, -0.2) is 9.97 Å². The Morgan fingerprint density at radius 2 is 2.33 bits per heavy atom. The lowest BCUT2D eigenvalue weighted by atomic mass is 10.2. The maximum atomic E-state index is 11.4. The molecule has 0 bridgehead atoms. The van der Waals surface area contributed by atoms with Gasteiger partial charge < -0.3 is 11.1 Å². The number of hydrogen-bond acceptors (Lipinski definition) is 4. The van der Waals surface area contributed by atoms with Gasteiger partial charge >= 0.3 is 0 Å². The summed E-state index contributed by atoms with van der Waals surface area (Å²) in [5.74, 6) is 0.358. The van der Waals surface area contributed by atoms with E-state index in [9.17, 15) is 4.79 Å². The number of amides is 1. The van der Waals surface area contributed by atoms with Crippen molar-refractivity contribution in [3.05, 3.63) is 17.0 Å². The van der Waals surface area contributed by atoms with E-state index in [-0.39, 0.29) is 11.9 Å². The highest BCUT2D eigenvalue weighted by molar-refractivity contribution is 9.10. The Balaban J connectivity index is 2.41. The lowest BCUT2D eigenvalue weighted by molar-refractivity contribution is -0.116. The molecule has 0 fully saturated rings. The number of anilines is 1. The van der Waals surface area contributed by atoms with Gasteiger partial charge in [0.1, 0.15) is 4.60 Å². The maximum absolute atomic E-state index is 11.4. The standard InChI is InChI=1S/C9H13BrN4O/c1-6(11)2-3-9(15)14-8-5-12-7(10)4-13-8/h4-6H,2-3,11H2,1H3,(H,13,14,15). The highest BCUT2D eigenvalue weighted by Gasteiger charge is 2.04. The van der Waals surface area contributed by atoms with Crippen LogP contribution in [0.3, 0.4) is 0 Å². The predicted octanol–water partition coefficient (Wildman–Crippen LogP) is 1.30. The molecule has 0 spiro atoms. The first kappa shape index (κ1) is 12.1. The molecule has 6 heteroatoms. The molecule has 1 unspecified atom stereocenters. The second-order valence-electron chi connectivity index (χ2n) is 3.29. The SMILES string of the molecule is CC(N)CCC(=O)Nc1cnc(Br)cn1.